The molecule has 0 aliphatic carbocycles. The number of ether oxygens (including phenoxy) is 1. The third-order valence-electron chi connectivity index (χ3n) is 3.04. The van der Waals surface area contributed by atoms with Crippen molar-refractivity contribution >= 4 is 27.5 Å². The highest BCUT2D eigenvalue weighted by molar-refractivity contribution is 7.89. The molecule has 0 saturated heterocycles. The van der Waals surface area contributed by atoms with Gasteiger partial charge in [0.05, 0.1) is 18.0 Å². The van der Waals surface area contributed by atoms with Gasteiger partial charge in [0.15, 0.2) is 11.4 Å². The number of anilines is 1. The van der Waals surface area contributed by atoms with Gasteiger partial charge in [-0.3, -0.25) is 4.79 Å². The Kier molecular flexibility index (Phi) is 5.86. The van der Waals surface area contributed by atoms with Crippen LogP contribution < -0.4 is 10.5 Å². The van der Waals surface area contributed by atoms with Crippen molar-refractivity contribution in [2.45, 2.75) is 31.3 Å². The van der Waals surface area contributed by atoms with E-state index in [2.05, 4.69) is 5.32 Å². The van der Waals surface area contributed by atoms with Gasteiger partial charge in [0, 0.05) is 11.3 Å². The standard InChI is InChI=1S/C14H20N2O6S/c1-4-22-13(18)14(3,19)8-16-12-7-10(23(15,20)21)5-6-11(12)9(2)17/h5-7,16,19H,4,8H2,1-3H3,(H2,15,20,21). The fourth-order valence-corrected chi connectivity index (χ4v) is 2.32. The summed E-state index contributed by atoms with van der Waals surface area (Å²) in [5, 5.41) is 17.8. The van der Waals surface area contributed by atoms with Crippen LogP contribution in [0.4, 0.5) is 5.69 Å². The lowest BCUT2D eigenvalue weighted by molar-refractivity contribution is -0.161. The number of carbonyl (C=O) groups excluding carboxylic acids is 2. The number of hydrogen-bond acceptors (Lipinski definition) is 7. The molecule has 4 N–H and O–H groups in total. The molecular formula is C14H20N2O6S. The van der Waals surface area contributed by atoms with Crippen LogP contribution >= 0.6 is 0 Å². The van der Waals surface area contributed by atoms with Crippen LogP contribution in [-0.2, 0) is 19.6 Å². The lowest BCUT2D eigenvalue weighted by Crippen LogP contribution is -2.43. The van der Waals surface area contributed by atoms with Crippen LogP contribution in [0.15, 0.2) is 23.1 Å². The SMILES string of the molecule is CCOC(=O)C(C)(O)CNc1cc(S(N)(=O)=O)ccc1C(C)=O. The minimum atomic E-state index is -3.95. The van der Waals surface area contributed by atoms with Gasteiger partial charge < -0.3 is 15.2 Å². The summed E-state index contributed by atoms with van der Waals surface area (Å²) in [6.07, 6.45) is 0. The second kappa shape index (κ2) is 7.07. The summed E-state index contributed by atoms with van der Waals surface area (Å²) < 4.78 is 27.5. The number of rotatable bonds is 7. The Morgan fingerprint density at radius 3 is 2.48 bits per heavy atom. The zero-order chi connectivity index (χ0) is 17.8. The molecule has 9 heteroatoms. The molecule has 0 aromatic heterocycles. The lowest BCUT2D eigenvalue weighted by Gasteiger charge is -2.22. The molecule has 1 aromatic rings. The Labute approximate surface area is 134 Å². The summed E-state index contributed by atoms with van der Waals surface area (Å²) in [5.74, 6) is -1.15. The molecule has 0 heterocycles. The minimum Gasteiger partial charge on any atom is -0.464 e. The molecule has 1 unspecified atom stereocenters. The van der Waals surface area contributed by atoms with Gasteiger partial charge in [0.25, 0.3) is 0 Å². The van der Waals surface area contributed by atoms with E-state index in [1.165, 1.54) is 32.0 Å². The third kappa shape index (κ3) is 5.02. The van der Waals surface area contributed by atoms with Crippen molar-refractivity contribution in [3.63, 3.8) is 0 Å². The zero-order valence-corrected chi connectivity index (χ0v) is 13.9. The van der Waals surface area contributed by atoms with E-state index in [-0.39, 0.29) is 35.1 Å². The number of nitrogens with one attached hydrogen (secondary N) is 1. The van der Waals surface area contributed by atoms with Crippen molar-refractivity contribution in [3.8, 4) is 0 Å². The third-order valence-corrected chi connectivity index (χ3v) is 3.95. The van der Waals surface area contributed by atoms with Gasteiger partial charge in [-0.05, 0) is 39.0 Å². The Balaban J connectivity index is 3.11. The van der Waals surface area contributed by atoms with Crippen LogP contribution in [0, 0.1) is 0 Å². The van der Waals surface area contributed by atoms with Crippen molar-refractivity contribution in [2.75, 3.05) is 18.5 Å². The fourth-order valence-electron chi connectivity index (χ4n) is 1.78. The molecule has 23 heavy (non-hydrogen) atoms. The zero-order valence-electron chi connectivity index (χ0n) is 13.1. The first kappa shape index (κ1) is 19.1. The number of aliphatic hydroxyl groups is 1. The molecule has 128 valence electrons. The molecule has 0 aliphatic heterocycles. The predicted molar refractivity (Wildman–Crippen MR) is 83.6 cm³/mol. The van der Waals surface area contributed by atoms with E-state index in [0.717, 1.165) is 0 Å². The molecule has 8 nitrogen and oxygen atoms in total. The average molecular weight is 344 g/mol. The van der Waals surface area contributed by atoms with Crippen molar-refractivity contribution in [2.24, 2.45) is 5.14 Å². The minimum absolute atomic E-state index is 0.106. The van der Waals surface area contributed by atoms with Gasteiger partial charge in [0.1, 0.15) is 0 Å². The number of esters is 1. The summed E-state index contributed by atoms with van der Waals surface area (Å²) in [4.78, 5) is 23.1. The number of primary sulfonamides is 1. The van der Waals surface area contributed by atoms with E-state index >= 15 is 0 Å². The van der Waals surface area contributed by atoms with Gasteiger partial charge in [-0.25, -0.2) is 18.4 Å². The van der Waals surface area contributed by atoms with Gasteiger partial charge in [-0.2, -0.15) is 0 Å². The molecule has 0 aliphatic rings. The van der Waals surface area contributed by atoms with Gasteiger partial charge in [-0.1, -0.05) is 0 Å². The number of hydrogen-bond donors (Lipinski definition) is 3. The second-order valence-corrected chi connectivity index (χ2v) is 6.72. The van der Waals surface area contributed by atoms with E-state index < -0.39 is 21.6 Å². The Bertz CT molecular complexity index is 712. The fraction of sp³-hybridized carbons (Fsp3) is 0.429. The van der Waals surface area contributed by atoms with E-state index in [1.807, 2.05) is 0 Å². The first-order chi connectivity index (χ1) is 10.5. The topological polar surface area (TPSA) is 136 Å². The number of carbonyl (C=O) groups is 2. The quantitative estimate of drug-likeness (QED) is 0.477. The smallest absolute Gasteiger partial charge is 0.339 e. The van der Waals surface area contributed by atoms with E-state index in [9.17, 15) is 23.1 Å². The second-order valence-electron chi connectivity index (χ2n) is 5.16. The molecule has 0 radical (unpaired) electrons. The van der Waals surface area contributed by atoms with Crippen LogP contribution in [-0.4, -0.2) is 44.0 Å². The van der Waals surface area contributed by atoms with Crippen molar-refractivity contribution in [3.05, 3.63) is 23.8 Å². The maximum Gasteiger partial charge on any atom is 0.339 e. The number of Topliss-reactive ketones (excluding diaryl/α,β-unsaturated/α-hetero) is 1. The van der Waals surface area contributed by atoms with Crippen LogP contribution in [0.5, 0.6) is 0 Å². The van der Waals surface area contributed by atoms with Crippen LogP contribution in [0.2, 0.25) is 0 Å². The van der Waals surface area contributed by atoms with Crippen molar-refractivity contribution in [1.82, 2.24) is 0 Å². The maximum absolute atomic E-state index is 11.6. The van der Waals surface area contributed by atoms with E-state index in [0.29, 0.717) is 0 Å². The summed E-state index contributed by atoms with van der Waals surface area (Å²) in [6.45, 7) is 3.98. The molecule has 0 saturated carbocycles. The van der Waals surface area contributed by atoms with E-state index in [4.69, 9.17) is 9.88 Å². The summed E-state index contributed by atoms with van der Waals surface area (Å²) in [5.41, 5.74) is -1.49. The number of nitrogens with two attached hydrogens (primary N) is 1. The van der Waals surface area contributed by atoms with Gasteiger partial charge in [0.2, 0.25) is 10.0 Å². The molecule has 0 fully saturated rings. The highest BCUT2D eigenvalue weighted by Gasteiger charge is 2.32. The van der Waals surface area contributed by atoms with Crippen LogP contribution in [0.25, 0.3) is 0 Å². The Hall–Kier alpha value is -1.97. The molecule has 1 rings (SSSR count). The maximum atomic E-state index is 11.6. The van der Waals surface area contributed by atoms with Crippen LogP contribution in [0.1, 0.15) is 31.1 Å². The van der Waals surface area contributed by atoms with Gasteiger partial charge in [-0.15, -0.1) is 0 Å². The highest BCUT2D eigenvalue weighted by Crippen LogP contribution is 2.22. The largest absolute Gasteiger partial charge is 0.464 e. The Morgan fingerprint density at radius 1 is 1.39 bits per heavy atom. The van der Waals surface area contributed by atoms with Crippen molar-refractivity contribution in [1.29, 1.82) is 0 Å². The van der Waals surface area contributed by atoms with E-state index in [1.54, 1.807) is 6.92 Å². The van der Waals surface area contributed by atoms with Gasteiger partial charge >= 0.3 is 5.97 Å². The normalized spacial score (nSPS) is 14.0. The number of ketones is 1. The summed E-state index contributed by atoms with van der Waals surface area (Å²) >= 11 is 0. The monoisotopic (exact) mass is 344 g/mol. The molecular weight excluding hydrogens is 324 g/mol. The molecule has 0 amide bonds. The van der Waals surface area contributed by atoms with Crippen molar-refractivity contribution < 1.29 is 27.9 Å². The lowest BCUT2D eigenvalue weighted by atomic mass is 10.1. The molecule has 0 spiro atoms. The molecule has 0 bridgehead atoms. The molecule has 1 aromatic carbocycles. The van der Waals surface area contributed by atoms with Crippen LogP contribution in [0.3, 0.4) is 0 Å². The highest BCUT2D eigenvalue weighted by atomic mass is 32.2. The predicted octanol–water partition coefficient (Wildman–Crippen LogP) is 0.263. The number of sulfonamides is 1. The summed E-state index contributed by atoms with van der Waals surface area (Å²) in [6, 6.07) is 3.69. The number of benzene rings is 1. The molecule has 1 atom stereocenters. The first-order valence-corrected chi connectivity index (χ1v) is 8.35. The summed E-state index contributed by atoms with van der Waals surface area (Å²) in [7, 11) is -3.95. The first-order valence-electron chi connectivity index (χ1n) is 6.80. The Morgan fingerprint density at radius 2 is 2.00 bits per heavy atom. The average Bonchev–Trinajstić information content (AvgIpc) is 2.44.